The van der Waals surface area contributed by atoms with E-state index in [0.29, 0.717) is 17.0 Å². The minimum Gasteiger partial charge on any atom is -0.506 e. The number of rotatable bonds is 15. The van der Waals surface area contributed by atoms with E-state index >= 15 is 0 Å². The highest BCUT2D eigenvalue weighted by Gasteiger charge is 2.49. The zero-order chi connectivity index (χ0) is 42.0. The first-order valence-corrected chi connectivity index (χ1v) is 22.9. The van der Waals surface area contributed by atoms with Crippen molar-refractivity contribution < 1.29 is 76.3 Å². The average Bonchev–Trinajstić information content (AvgIpc) is 3.42. The van der Waals surface area contributed by atoms with Crippen LogP contribution in [0.15, 0.2) is 80.9 Å². The number of carbonyl (C=O) groups is 2. The number of fused-ring (bicyclic) bond motifs is 2. The molecule has 0 fully saturated rings. The number of anilines is 1. The summed E-state index contributed by atoms with van der Waals surface area (Å²) in [5.74, 6) is -3.81. The van der Waals surface area contributed by atoms with Crippen molar-refractivity contribution >= 4 is 69.3 Å². The van der Waals surface area contributed by atoms with Gasteiger partial charge in [0, 0.05) is 53.9 Å². The molecule has 2 aromatic carbocycles. The van der Waals surface area contributed by atoms with Crippen molar-refractivity contribution in [1.82, 2.24) is 0 Å². The fourth-order valence-electron chi connectivity index (χ4n) is 7.33. The van der Waals surface area contributed by atoms with Crippen LogP contribution < -0.4 is 4.90 Å². The molecule has 0 saturated heterocycles. The number of nitrogens with zero attached hydrogens (tertiary/aromatic N) is 2. The van der Waals surface area contributed by atoms with Crippen LogP contribution in [0.1, 0.15) is 57.6 Å². The Kier molecular flexibility index (Phi) is 11.2. The number of aliphatic hydroxyl groups excluding tert-OH is 1. The van der Waals surface area contributed by atoms with Gasteiger partial charge in [0.15, 0.2) is 5.71 Å². The summed E-state index contributed by atoms with van der Waals surface area (Å²) in [5.41, 5.74) is -1.30. The normalized spacial score (nSPS) is 21.2. The molecule has 304 valence electrons. The van der Waals surface area contributed by atoms with Crippen LogP contribution in [0, 0.1) is 0 Å². The molecule has 0 amide bonds. The Hall–Kier alpha value is -4.29. The Morgan fingerprint density at radius 1 is 0.804 bits per heavy atom. The van der Waals surface area contributed by atoms with E-state index in [1.807, 2.05) is 0 Å². The molecule has 1 aliphatic carbocycles. The summed E-state index contributed by atoms with van der Waals surface area (Å²) >= 11 is 0. The van der Waals surface area contributed by atoms with E-state index in [4.69, 9.17) is 0 Å². The lowest BCUT2D eigenvalue weighted by Gasteiger charge is -2.31. The van der Waals surface area contributed by atoms with Gasteiger partial charge in [0.25, 0.3) is 40.5 Å². The third-order valence-electron chi connectivity index (χ3n) is 10.1. The Morgan fingerprint density at radius 2 is 1.36 bits per heavy atom. The number of carbonyl (C=O) groups excluding carboxylic acids is 1. The quantitative estimate of drug-likeness (QED) is 0.0852. The van der Waals surface area contributed by atoms with Crippen LogP contribution in [-0.2, 0) is 60.9 Å². The largest absolute Gasteiger partial charge is 0.506 e. The summed E-state index contributed by atoms with van der Waals surface area (Å²) in [6.07, 6.45) is 1.64. The molecule has 5 rings (SSSR count). The zero-order valence-corrected chi connectivity index (χ0v) is 33.3. The minimum atomic E-state index is -4.76. The Labute approximate surface area is 323 Å². The smallest absolute Gasteiger partial charge is 0.303 e. The maximum absolute atomic E-state index is 13.9. The summed E-state index contributed by atoms with van der Waals surface area (Å²) in [6, 6.07) is 7.26. The third kappa shape index (κ3) is 8.51. The number of Topliss-reactive ketones (excluding diaryl/α,β-unsaturated/α-hetero) is 1. The molecule has 0 aromatic heterocycles. The number of benzene rings is 2. The Morgan fingerprint density at radius 3 is 1.89 bits per heavy atom. The first-order chi connectivity index (χ1) is 25.6. The average molecular weight is 860 g/mol. The molecule has 0 radical (unpaired) electrons. The molecule has 56 heavy (non-hydrogen) atoms. The van der Waals surface area contributed by atoms with E-state index in [2.05, 4.69) is 0 Å². The summed E-state index contributed by atoms with van der Waals surface area (Å²) in [4.78, 5) is 26.3. The van der Waals surface area contributed by atoms with Crippen molar-refractivity contribution in [1.29, 1.82) is 0 Å². The van der Waals surface area contributed by atoms with Crippen molar-refractivity contribution in [3.05, 3.63) is 82.3 Å². The van der Waals surface area contributed by atoms with Gasteiger partial charge in [-0.05, 0) is 75.6 Å². The van der Waals surface area contributed by atoms with Gasteiger partial charge in [-0.15, -0.1) is 0 Å². The van der Waals surface area contributed by atoms with E-state index in [9.17, 15) is 71.7 Å². The van der Waals surface area contributed by atoms with Gasteiger partial charge >= 0.3 is 5.97 Å². The lowest BCUT2D eigenvalue weighted by molar-refractivity contribution is -0.437. The number of aliphatic hydroxyl groups is 1. The van der Waals surface area contributed by atoms with E-state index in [0.717, 1.165) is 18.2 Å². The van der Waals surface area contributed by atoms with E-state index in [1.54, 1.807) is 25.3 Å². The van der Waals surface area contributed by atoms with Gasteiger partial charge in [0.2, 0.25) is 11.5 Å². The SMILES string of the molecule is CC1(C)C(/C=C2/C(=O)C(/C=C3\N(CCCS(=O)(=O)O)c4ccc(S(=O)(=O)O)cc4C3(C)CCC(=O)O)=C2O)=[N+](CCCS(=O)(=O)O)c2ccc(S(=O)(=O)O)cc21. The molecule has 6 N–H and O–H groups in total. The Bertz CT molecular complexity index is 2640. The van der Waals surface area contributed by atoms with Crippen molar-refractivity contribution in [3.63, 3.8) is 0 Å². The van der Waals surface area contributed by atoms with Crippen molar-refractivity contribution in [2.45, 2.75) is 67.1 Å². The van der Waals surface area contributed by atoms with Crippen LogP contribution in [0.3, 0.4) is 0 Å². The van der Waals surface area contributed by atoms with Gasteiger partial charge < -0.3 is 15.1 Å². The zero-order valence-electron chi connectivity index (χ0n) is 30.1. The number of carboxylic acid groups (broad SMARTS) is 1. The van der Waals surface area contributed by atoms with Gasteiger partial charge in [-0.3, -0.25) is 27.8 Å². The number of ketones is 1. The monoisotopic (exact) mass is 859 g/mol. The first kappa shape index (κ1) is 42.8. The second kappa shape index (κ2) is 14.6. The highest BCUT2D eigenvalue weighted by atomic mass is 32.2. The van der Waals surface area contributed by atoms with Crippen molar-refractivity contribution in [2.75, 3.05) is 29.5 Å². The van der Waals surface area contributed by atoms with E-state index in [-0.39, 0.29) is 60.4 Å². The van der Waals surface area contributed by atoms with Crippen LogP contribution in [0.5, 0.6) is 0 Å². The first-order valence-electron chi connectivity index (χ1n) is 16.8. The summed E-state index contributed by atoms with van der Waals surface area (Å²) in [5, 5.41) is 21.1. The van der Waals surface area contributed by atoms with Gasteiger partial charge in [-0.1, -0.05) is 0 Å². The molecule has 18 nitrogen and oxygen atoms in total. The van der Waals surface area contributed by atoms with Crippen LogP contribution in [0.2, 0.25) is 0 Å². The molecule has 0 spiro atoms. The van der Waals surface area contributed by atoms with Gasteiger partial charge in [-0.2, -0.15) is 38.2 Å². The fraction of sp³-hybridized carbons (Fsp3) is 0.382. The van der Waals surface area contributed by atoms with Gasteiger partial charge in [-0.25, -0.2) is 0 Å². The molecular weight excluding hydrogens is 821 g/mol. The molecule has 2 aromatic rings. The molecule has 1 unspecified atom stereocenters. The number of carboxylic acids is 1. The second-order valence-electron chi connectivity index (χ2n) is 14.3. The third-order valence-corrected chi connectivity index (χ3v) is 13.4. The maximum Gasteiger partial charge on any atom is 0.303 e. The standard InChI is InChI=1S/C34H38N2O16S4/c1-33(2)24-16-20(55(47,48)49)6-8-26(24)35(12-4-14-53(41,42)43)28(33)18-22-31(39)23(32(22)40)19-29-34(3,11-10-30(37)38)25-17-21(56(50,51)52)7-9-27(25)36(29)13-5-15-54(44,45)46/h6-9,16-19H,4-5,10-15H2,1-3H3,(H5-,37,38,39,40,41,42,43,44,45,46,47,48,49,50,51,52)/p+1. The van der Waals surface area contributed by atoms with Crippen LogP contribution >= 0.6 is 0 Å². The fourth-order valence-corrected chi connectivity index (χ4v) is 9.33. The second-order valence-corrected chi connectivity index (χ2v) is 20.3. The van der Waals surface area contributed by atoms with Crippen molar-refractivity contribution in [2.24, 2.45) is 0 Å². The number of hydrogen-bond acceptors (Lipinski definition) is 12. The predicted molar refractivity (Wildman–Crippen MR) is 200 cm³/mol. The summed E-state index contributed by atoms with van der Waals surface area (Å²) < 4.78 is 134. The van der Waals surface area contributed by atoms with Crippen LogP contribution in [0.4, 0.5) is 11.4 Å². The number of hydrogen-bond donors (Lipinski definition) is 6. The highest BCUT2D eigenvalue weighted by molar-refractivity contribution is 7.86. The highest BCUT2D eigenvalue weighted by Crippen LogP contribution is 2.52. The minimum absolute atomic E-state index is 0.0552. The predicted octanol–water partition coefficient (Wildman–Crippen LogP) is 2.96. The van der Waals surface area contributed by atoms with Gasteiger partial charge in [0.1, 0.15) is 12.3 Å². The van der Waals surface area contributed by atoms with E-state index < -0.39 is 96.5 Å². The van der Waals surface area contributed by atoms with E-state index in [1.165, 1.54) is 35.3 Å². The topological polar surface area (TPSA) is 298 Å². The summed E-state index contributed by atoms with van der Waals surface area (Å²) in [6.45, 7) is 4.67. The lowest BCUT2D eigenvalue weighted by atomic mass is 9.75. The molecule has 1 atom stereocenters. The number of allylic oxidation sites excluding steroid dienone is 5. The Balaban J connectivity index is 1.67. The van der Waals surface area contributed by atoms with Gasteiger partial charge in [0.05, 0.1) is 37.9 Å². The number of aliphatic carboxylic acids is 1. The molecular formula is C34H39N2O16S4+. The van der Waals surface area contributed by atoms with Crippen LogP contribution in [-0.4, -0.2) is 109 Å². The summed E-state index contributed by atoms with van der Waals surface area (Å²) in [7, 11) is -18.2. The van der Waals surface area contributed by atoms with Crippen molar-refractivity contribution in [3.8, 4) is 0 Å². The molecule has 0 saturated carbocycles. The molecule has 2 heterocycles. The lowest BCUT2D eigenvalue weighted by Crippen LogP contribution is -2.33. The molecule has 0 bridgehead atoms. The maximum atomic E-state index is 13.9. The molecule has 2 aliphatic heterocycles. The molecule has 3 aliphatic rings. The molecule has 22 heteroatoms. The van der Waals surface area contributed by atoms with Crippen LogP contribution in [0.25, 0.3) is 0 Å².